The van der Waals surface area contributed by atoms with Crippen molar-refractivity contribution in [3.05, 3.63) is 119 Å². The molecule has 0 saturated heterocycles. The maximum atomic E-state index is 8.18. The summed E-state index contributed by atoms with van der Waals surface area (Å²) in [7, 11) is 0. The van der Waals surface area contributed by atoms with Gasteiger partial charge in [0.25, 0.3) is 0 Å². The highest BCUT2D eigenvalue weighted by molar-refractivity contribution is 7.78. The zero-order valence-corrected chi connectivity index (χ0v) is 25.5. The minimum Gasteiger partial charge on any atom is -0.385 e. The molecule has 1 aromatic carbocycles. The molecule has 0 saturated carbocycles. The number of aromatic amines is 1. The van der Waals surface area contributed by atoms with E-state index in [2.05, 4.69) is 90.2 Å². The molecule has 1 aliphatic rings. The largest absolute Gasteiger partial charge is 0.385 e. The molecule has 41 heavy (non-hydrogen) atoms. The number of H-pyrrole nitrogens is 1. The number of aryl methyl sites for hydroxylation is 1. The number of allylic oxidation sites excluding steroid dienone is 11. The molecule has 3 rings (SSSR count). The molecular formula is C34H44N6S. The smallest absolute Gasteiger partial charge is 0.110 e. The fourth-order valence-electron chi connectivity index (χ4n) is 4.86. The van der Waals surface area contributed by atoms with Crippen LogP contribution in [-0.4, -0.2) is 24.3 Å². The van der Waals surface area contributed by atoms with Gasteiger partial charge in [0.2, 0.25) is 0 Å². The number of fused-ring (bicyclic) bond motifs is 1. The molecule has 0 radical (unpaired) electrons. The van der Waals surface area contributed by atoms with Crippen molar-refractivity contribution >= 4 is 41.2 Å². The number of hydrogen-bond acceptors (Lipinski definition) is 6. The molecule has 0 spiro atoms. The van der Waals surface area contributed by atoms with Crippen LogP contribution in [-0.2, 0) is 0 Å². The van der Waals surface area contributed by atoms with Crippen LogP contribution >= 0.6 is 12.8 Å². The van der Waals surface area contributed by atoms with Crippen molar-refractivity contribution in [3.63, 3.8) is 0 Å². The normalized spacial score (nSPS) is 19.1. The number of aromatic nitrogens is 1. The molecule has 216 valence electrons. The third-order valence-electron chi connectivity index (χ3n) is 7.13. The number of hydrogen-bond donors (Lipinski definition) is 7. The van der Waals surface area contributed by atoms with Crippen molar-refractivity contribution < 1.29 is 0 Å². The van der Waals surface area contributed by atoms with Gasteiger partial charge in [0.15, 0.2) is 0 Å². The summed E-state index contributed by atoms with van der Waals surface area (Å²) in [6.45, 7) is 20.5. The van der Waals surface area contributed by atoms with Crippen LogP contribution in [0.25, 0.3) is 16.5 Å². The van der Waals surface area contributed by atoms with Crippen molar-refractivity contribution in [1.82, 2.24) is 15.0 Å². The van der Waals surface area contributed by atoms with Crippen LogP contribution in [0.2, 0.25) is 0 Å². The van der Waals surface area contributed by atoms with E-state index in [1.807, 2.05) is 32.1 Å². The van der Waals surface area contributed by atoms with Gasteiger partial charge in [-0.1, -0.05) is 68.8 Å². The number of unbranched alkanes of at least 4 members (excludes halogenated alkanes) is 2. The van der Waals surface area contributed by atoms with E-state index in [4.69, 9.17) is 11.1 Å². The SMILES string of the molecule is C=C/C1=C(\C=C/C)/C=C(N/C(N)=C(\C=N)C(=C)c2cc3cc(C)c(NCCCCCNS)cc3[nH]2)\C(C)=C/C(=C)C1. The minimum absolute atomic E-state index is 0.348. The molecular weight excluding hydrogens is 524 g/mol. The number of nitrogens with two attached hydrogens (primary N) is 1. The zero-order valence-electron chi connectivity index (χ0n) is 24.6. The summed E-state index contributed by atoms with van der Waals surface area (Å²) in [6.07, 6.45) is 15.4. The lowest BCUT2D eigenvalue weighted by atomic mass is 9.94. The molecule has 6 nitrogen and oxygen atoms in total. The van der Waals surface area contributed by atoms with Crippen LogP contribution in [0.5, 0.6) is 0 Å². The summed E-state index contributed by atoms with van der Waals surface area (Å²) in [5.74, 6) is 0.348. The Labute approximate surface area is 250 Å². The summed E-state index contributed by atoms with van der Waals surface area (Å²) in [4.78, 5) is 3.48. The third kappa shape index (κ3) is 8.28. The van der Waals surface area contributed by atoms with Gasteiger partial charge in [0, 0.05) is 58.4 Å². The van der Waals surface area contributed by atoms with Gasteiger partial charge in [-0.2, -0.15) is 0 Å². The number of rotatable bonds is 14. The zero-order chi connectivity index (χ0) is 29.9. The van der Waals surface area contributed by atoms with Crippen molar-refractivity contribution in [2.24, 2.45) is 5.73 Å². The van der Waals surface area contributed by atoms with Crippen molar-refractivity contribution in [2.75, 3.05) is 18.4 Å². The Morgan fingerprint density at radius 2 is 1.90 bits per heavy atom. The third-order valence-corrected chi connectivity index (χ3v) is 7.35. The highest BCUT2D eigenvalue weighted by Gasteiger charge is 2.15. The molecule has 7 N–H and O–H groups in total. The van der Waals surface area contributed by atoms with E-state index < -0.39 is 0 Å². The lowest BCUT2D eigenvalue weighted by molar-refractivity contribution is 0.693. The maximum absolute atomic E-state index is 8.18. The van der Waals surface area contributed by atoms with Gasteiger partial charge in [-0.15, -0.1) is 0 Å². The summed E-state index contributed by atoms with van der Waals surface area (Å²) in [5, 5.41) is 16.2. The Bertz CT molecular complexity index is 1480. The van der Waals surface area contributed by atoms with Crippen LogP contribution < -0.4 is 21.1 Å². The molecule has 0 fully saturated rings. The first-order chi connectivity index (χ1) is 19.7. The second-order valence-electron chi connectivity index (χ2n) is 10.3. The molecule has 0 unspecified atom stereocenters. The summed E-state index contributed by atoms with van der Waals surface area (Å²) in [5.41, 5.74) is 16.8. The lowest BCUT2D eigenvalue weighted by Gasteiger charge is -2.19. The van der Waals surface area contributed by atoms with Gasteiger partial charge in [-0.25, -0.2) is 0 Å². The quantitative estimate of drug-likeness (QED) is 0.0548. The van der Waals surface area contributed by atoms with E-state index in [9.17, 15) is 0 Å². The van der Waals surface area contributed by atoms with Crippen LogP contribution in [0.4, 0.5) is 5.69 Å². The molecule has 0 aliphatic heterocycles. The first-order valence-electron chi connectivity index (χ1n) is 14.0. The van der Waals surface area contributed by atoms with E-state index in [0.717, 1.165) is 89.0 Å². The van der Waals surface area contributed by atoms with Gasteiger partial charge in [-0.3, -0.25) is 4.72 Å². The molecule has 1 aliphatic carbocycles. The fourth-order valence-corrected chi connectivity index (χ4v) is 5.02. The van der Waals surface area contributed by atoms with Crippen molar-refractivity contribution in [1.29, 1.82) is 5.41 Å². The average molecular weight is 569 g/mol. The van der Waals surface area contributed by atoms with Crippen molar-refractivity contribution in [3.8, 4) is 0 Å². The Morgan fingerprint density at radius 3 is 2.59 bits per heavy atom. The summed E-state index contributed by atoms with van der Waals surface area (Å²) in [6, 6.07) is 6.36. The monoisotopic (exact) mass is 568 g/mol. The van der Waals surface area contributed by atoms with Gasteiger partial charge in [0.1, 0.15) is 5.82 Å². The second-order valence-corrected chi connectivity index (χ2v) is 10.6. The van der Waals surface area contributed by atoms with E-state index in [1.54, 1.807) is 0 Å². The summed E-state index contributed by atoms with van der Waals surface area (Å²) >= 11 is 4.04. The molecule has 2 aromatic rings. The van der Waals surface area contributed by atoms with E-state index in [0.29, 0.717) is 17.0 Å². The molecule has 0 bridgehead atoms. The van der Waals surface area contributed by atoms with Crippen molar-refractivity contribution in [2.45, 2.75) is 46.5 Å². The highest BCUT2D eigenvalue weighted by Crippen LogP contribution is 2.30. The Kier molecular flexibility index (Phi) is 11.7. The average Bonchev–Trinajstić information content (AvgIpc) is 3.35. The van der Waals surface area contributed by atoms with Crippen LogP contribution in [0.1, 0.15) is 50.8 Å². The van der Waals surface area contributed by atoms with Crippen LogP contribution in [0, 0.1) is 12.3 Å². The second kappa shape index (κ2) is 15.2. The Balaban J connectivity index is 1.88. The minimum atomic E-state index is 0.348. The standard InChI is InChI=1S/C34H44N6S/c1-7-12-27-18-31(23(4)15-22(3)16-26(27)8-2)40-34(36)29(21-35)25(6)32-19-28-17-24(5)30(20-33(28)39-32)37-13-10-9-11-14-38-41/h7-8,12,15,17-21,35,37-41H,2-3,6,9-11,13-14,16,36H2,1,4-5H3/b12-7-,23-15-,27-26-,31-18+,34-29+,35-21?. The number of anilines is 1. The molecule has 7 heteroatoms. The highest BCUT2D eigenvalue weighted by atomic mass is 32.1. The molecule has 1 heterocycles. The van der Waals surface area contributed by atoms with E-state index in [-0.39, 0.29) is 0 Å². The molecule has 1 aromatic heterocycles. The van der Waals surface area contributed by atoms with Gasteiger partial charge >= 0.3 is 0 Å². The molecule has 0 atom stereocenters. The van der Waals surface area contributed by atoms with Gasteiger partial charge in [0.05, 0.1) is 0 Å². The Morgan fingerprint density at radius 1 is 1.15 bits per heavy atom. The first kappa shape index (κ1) is 31.6. The topological polar surface area (TPSA) is 102 Å². The number of nitrogens with one attached hydrogen (secondary N) is 5. The van der Waals surface area contributed by atoms with E-state index in [1.165, 1.54) is 11.8 Å². The van der Waals surface area contributed by atoms with Gasteiger partial charge in [-0.05, 0) is 86.6 Å². The van der Waals surface area contributed by atoms with E-state index >= 15 is 0 Å². The fraction of sp³-hybridized carbons (Fsp3) is 0.265. The summed E-state index contributed by atoms with van der Waals surface area (Å²) < 4.78 is 2.89. The van der Waals surface area contributed by atoms with Gasteiger partial charge < -0.3 is 26.8 Å². The number of benzene rings is 1. The first-order valence-corrected chi connectivity index (χ1v) is 14.4. The lowest BCUT2D eigenvalue weighted by Crippen LogP contribution is -2.24. The number of thiol groups is 1. The maximum Gasteiger partial charge on any atom is 0.110 e. The van der Waals surface area contributed by atoms with Crippen LogP contribution in [0.3, 0.4) is 0 Å². The Hall–Kier alpha value is -3.94. The predicted molar refractivity (Wildman–Crippen MR) is 182 cm³/mol. The van der Waals surface area contributed by atoms with Crippen LogP contribution in [0.15, 0.2) is 108 Å². The predicted octanol–water partition coefficient (Wildman–Crippen LogP) is 7.76. The molecule has 0 amide bonds.